The molecule has 0 spiro atoms. The summed E-state index contributed by atoms with van der Waals surface area (Å²) >= 11 is 0. The van der Waals surface area contributed by atoms with E-state index in [4.69, 9.17) is 0 Å². The molecule has 11 nitrogen and oxygen atoms in total. The average Bonchev–Trinajstić information content (AvgIpc) is 2.73. The monoisotopic (exact) mass is 434 g/mol. The van der Waals surface area contributed by atoms with Crippen LogP contribution in [-0.4, -0.2) is 59.6 Å². The Morgan fingerprint density at radius 1 is 0.933 bits per heavy atom. The third-order valence-electron chi connectivity index (χ3n) is 4.85. The SMILES string of the molecule is Cc1cc(C(=O)N2CCN(S(=O)(=O)c3ccc([N+](=O)[O-])cc3)CC2)ccc1[N+](=O)[O-]. The van der Waals surface area contributed by atoms with Gasteiger partial charge in [0.15, 0.2) is 0 Å². The summed E-state index contributed by atoms with van der Waals surface area (Å²) in [6.45, 7) is 1.99. The first kappa shape index (κ1) is 21.3. The van der Waals surface area contributed by atoms with Gasteiger partial charge in [-0.2, -0.15) is 4.31 Å². The lowest BCUT2D eigenvalue weighted by atomic mass is 10.1. The van der Waals surface area contributed by atoms with Crippen molar-refractivity contribution in [2.45, 2.75) is 11.8 Å². The zero-order valence-corrected chi connectivity index (χ0v) is 16.7. The van der Waals surface area contributed by atoms with Gasteiger partial charge in [-0.3, -0.25) is 25.0 Å². The van der Waals surface area contributed by atoms with Gasteiger partial charge < -0.3 is 4.90 Å². The molecule has 1 fully saturated rings. The lowest BCUT2D eigenvalue weighted by molar-refractivity contribution is -0.385. The molecule has 0 atom stereocenters. The summed E-state index contributed by atoms with van der Waals surface area (Å²) in [5, 5.41) is 21.6. The van der Waals surface area contributed by atoms with Crippen LogP contribution in [0.2, 0.25) is 0 Å². The third kappa shape index (κ3) is 4.14. The van der Waals surface area contributed by atoms with E-state index in [1.165, 1.54) is 39.5 Å². The molecule has 1 amide bonds. The summed E-state index contributed by atoms with van der Waals surface area (Å²) < 4.78 is 26.7. The normalized spacial score (nSPS) is 15.0. The van der Waals surface area contributed by atoms with Gasteiger partial charge in [0.2, 0.25) is 10.0 Å². The molecule has 30 heavy (non-hydrogen) atoms. The van der Waals surface area contributed by atoms with Crippen molar-refractivity contribution in [1.82, 2.24) is 9.21 Å². The number of carbonyl (C=O) groups excluding carboxylic acids is 1. The van der Waals surface area contributed by atoms with E-state index in [1.54, 1.807) is 6.92 Å². The van der Waals surface area contributed by atoms with Crippen LogP contribution in [0.25, 0.3) is 0 Å². The predicted molar refractivity (Wildman–Crippen MR) is 106 cm³/mol. The molecule has 1 aliphatic rings. The van der Waals surface area contributed by atoms with Crippen molar-refractivity contribution in [1.29, 1.82) is 0 Å². The van der Waals surface area contributed by atoms with Crippen LogP contribution < -0.4 is 0 Å². The molecule has 3 rings (SSSR count). The van der Waals surface area contributed by atoms with Gasteiger partial charge >= 0.3 is 0 Å². The molecule has 0 radical (unpaired) electrons. The summed E-state index contributed by atoms with van der Waals surface area (Å²) in [6.07, 6.45) is 0. The Kier molecular flexibility index (Phi) is 5.80. The third-order valence-corrected chi connectivity index (χ3v) is 6.76. The van der Waals surface area contributed by atoms with E-state index in [2.05, 4.69) is 0 Å². The fraction of sp³-hybridized carbons (Fsp3) is 0.278. The second kappa shape index (κ2) is 8.16. The molecule has 158 valence electrons. The molecular formula is C18H18N4O7S. The van der Waals surface area contributed by atoms with Gasteiger partial charge in [0, 0.05) is 55.5 Å². The number of nitro groups is 2. The van der Waals surface area contributed by atoms with Crippen LogP contribution in [0, 0.1) is 27.2 Å². The van der Waals surface area contributed by atoms with Crippen molar-refractivity contribution in [3.05, 3.63) is 73.8 Å². The number of piperazine rings is 1. The van der Waals surface area contributed by atoms with Gasteiger partial charge in [-0.25, -0.2) is 8.42 Å². The summed E-state index contributed by atoms with van der Waals surface area (Å²) in [7, 11) is -3.84. The number of nitro benzene ring substituents is 2. The Labute approximate surface area is 171 Å². The fourth-order valence-corrected chi connectivity index (χ4v) is 4.62. The van der Waals surface area contributed by atoms with Crippen molar-refractivity contribution in [2.75, 3.05) is 26.2 Å². The molecule has 1 saturated heterocycles. The summed E-state index contributed by atoms with van der Waals surface area (Å²) in [5.74, 6) is -0.333. The maximum absolute atomic E-state index is 12.7. The maximum Gasteiger partial charge on any atom is 0.272 e. The van der Waals surface area contributed by atoms with Gasteiger partial charge in [0.25, 0.3) is 17.3 Å². The Balaban J connectivity index is 1.69. The zero-order valence-electron chi connectivity index (χ0n) is 15.9. The van der Waals surface area contributed by atoms with Crippen LogP contribution >= 0.6 is 0 Å². The van der Waals surface area contributed by atoms with E-state index in [0.29, 0.717) is 11.1 Å². The van der Waals surface area contributed by atoms with Gasteiger partial charge in [0.1, 0.15) is 0 Å². The van der Waals surface area contributed by atoms with Gasteiger partial charge in [-0.1, -0.05) is 0 Å². The van der Waals surface area contributed by atoms with Crippen LogP contribution in [0.5, 0.6) is 0 Å². The molecule has 2 aromatic carbocycles. The number of sulfonamides is 1. The molecule has 1 aliphatic heterocycles. The summed E-state index contributed by atoms with van der Waals surface area (Å²) in [6, 6.07) is 8.73. The minimum atomic E-state index is -3.84. The highest BCUT2D eigenvalue weighted by molar-refractivity contribution is 7.89. The Hall–Kier alpha value is -3.38. The summed E-state index contributed by atoms with van der Waals surface area (Å²) in [4.78, 5) is 34.6. The van der Waals surface area contributed by atoms with Gasteiger partial charge in [-0.05, 0) is 31.2 Å². The van der Waals surface area contributed by atoms with Crippen LogP contribution in [0.1, 0.15) is 15.9 Å². The van der Waals surface area contributed by atoms with E-state index in [-0.39, 0.29) is 48.4 Å². The van der Waals surface area contributed by atoms with E-state index in [0.717, 1.165) is 12.1 Å². The average molecular weight is 434 g/mol. The first-order valence-electron chi connectivity index (χ1n) is 8.90. The van der Waals surface area contributed by atoms with Crippen molar-refractivity contribution in [2.24, 2.45) is 0 Å². The molecule has 0 aromatic heterocycles. The number of nitrogens with zero attached hydrogens (tertiary/aromatic N) is 4. The number of carbonyl (C=O) groups is 1. The highest BCUT2D eigenvalue weighted by Gasteiger charge is 2.31. The van der Waals surface area contributed by atoms with E-state index < -0.39 is 19.9 Å². The Bertz CT molecular complexity index is 1110. The van der Waals surface area contributed by atoms with Crippen molar-refractivity contribution < 1.29 is 23.1 Å². The van der Waals surface area contributed by atoms with Gasteiger partial charge in [-0.15, -0.1) is 0 Å². The quantitative estimate of drug-likeness (QED) is 0.517. The highest BCUT2D eigenvalue weighted by Crippen LogP contribution is 2.23. The number of benzene rings is 2. The zero-order chi connectivity index (χ0) is 22.1. The lowest BCUT2D eigenvalue weighted by Gasteiger charge is -2.34. The molecule has 0 unspecified atom stereocenters. The smallest absolute Gasteiger partial charge is 0.272 e. The molecule has 1 heterocycles. The summed E-state index contributed by atoms with van der Waals surface area (Å²) in [5.41, 5.74) is 0.378. The predicted octanol–water partition coefficient (Wildman–Crippen LogP) is 1.96. The van der Waals surface area contributed by atoms with E-state index >= 15 is 0 Å². The lowest BCUT2D eigenvalue weighted by Crippen LogP contribution is -2.50. The van der Waals surface area contributed by atoms with E-state index in [1.807, 2.05) is 0 Å². The Morgan fingerprint density at radius 3 is 2.03 bits per heavy atom. The molecule has 0 saturated carbocycles. The number of aryl methyl sites for hydroxylation is 1. The number of hydrogen-bond acceptors (Lipinski definition) is 7. The number of rotatable bonds is 5. The standard InChI is InChI=1S/C18H18N4O7S/c1-13-12-14(2-7-17(13)22(26)27)18(23)19-8-10-20(11-9-19)30(28,29)16-5-3-15(4-6-16)21(24)25/h2-7,12H,8-11H2,1H3. The van der Waals surface area contributed by atoms with Crippen molar-refractivity contribution >= 4 is 27.3 Å². The largest absolute Gasteiger partial charge is 0.336 e. The van der Waals surface area contributed by atoms with Crippen LogP contribution in [0.3, 0.4) is 0 Å². The fourth-order valence-electron chi connectivity index (χ4n) is 3.20. The number of non-ortho nitro benzene ring substituents is 1. The van der Waals surface area contributed by atoms with Crippen LogP contribution in [0.15, 0.2) is 47.4 Å². The first-order chi connectivity index (χ1) is 14.1. The molecule has 0 bridgehead atoms. The first-order valence-corrected chi connectivity index (χ1v) is 10.3. The van der Waals surface area contributed by atoms with E-state index in [9.17, 15) is 33.4 Å². The Morgan fingerprint density at radius 2 is 1.53 bits per heavy atom. The maximum atomic E-state index is 12.7. The molecule has 0 aliphatic carbocycles. The number of amides is 1. The van der Waals surface area contributed by atoms with Crippen molar-refractivity contribution in [3.63, 3.8) is 0 Å². The molecule has 12 heteroatoms. The van der Waals surface area contributed by atoms with Crippen LogP contribution in [-0.2, 0) is 10.0 Å². The molecule has 2 aromatic rings. The second-order valence-electron chi connectivity index (χ2n) is 6.71. The van der Waals surface area contributed by atoms with Crippen molar-refractivity contribution in [3.8, 4) is 0 Å². The molecular weight excluding hydrogens is 416 g/mol. The number of hydrogen-bond donors (Lipinski definition) is 0. The topological polar surface area (TPSA) is 144 Å². The second-order valence-corrected chi connectivity index (χ2v) is 8.64. The molecule has 0 N–H and O–H groups in total. The minimum absolute atomic E-state index is 0.0566. The van der Waals surface area contributed by atoms with Crippen LogP contribution in [0.4, 0.5) is 11.4 Å². The highest BCUT2D eigenvalue weighted by atomic mass is 32.2. The van der Waals surface area contributed by atoms with Gasteiger partial charge in [0.05, 0.1) is 14.7 Å². The minimum Gasteiger partial charge on any atom is -0.336 e.